The Balaban J connectivity index is 1.93. The van der Waals surface area contributed by atoms with Crippen molar-refractivity contribution in [2.45, 2.75) is 20.4 Å². The summed E-state index contributed by atoms with van der Waals surface area (Å²) in [6.07, 6.45) is 1.64. The number of nitrogens with one attached hydrogen (secondary N) is 1. The maximum absolute atomic E-state index is 11.7. The Labute approximate surface area is 97.3 Å². The highest BCUT2D eigenvalue weighted by molar-refractivity contribution is 7.13. The minimum atomic E-state index is -0.0889. The number of rotatable bonds is 3. The summed E-state index contributed by atoms with van der Waals surface area (Å²) in [5.74, 6) is 1.18. The van der Waals surface area contributed by atoms with Crippen molar-refractivity contribution < 1.29 is 9.21 Å². The van der Waals surface area contributed by atoms with Gasteiger partial charge in [0.25, 0.3) is 5.91 Å². The molecule has 0 radical (unpaired) electrons. The molecule has 1 amide bonds. The molecule has 0 atom stereocenters. The number of carbonyl (C=O) groups is 1. The number of carbonyl (C=O) groups excluding carboxylic acids is 1. The lowest BCUT2D eigenvalue weighted by molar-refractivity contribution is 0.0951. The number of nitrogens with zero attached hydrogens (tertiary/aromatic N) is 1. The first-order valence-corrected chi connectivity index (χ1v) is 5.73. The molecule has 1 N–H and O–H groups in total. The Kier molecular flexibility index (Phi) is 3.05. The molecule has 0 aliphatic heterocycles. The summed E-state index contributed by atoms with van der Waals surface area (Å²) in [6.45, 7) is 4.11. The Hall–Kier alpha value is -1.62. The third kappa shape index (κ3) is 2.49. The van der Waals surface area contributed by atoms with Gasteiger partial charge >= 0.3 is 0 Å². The normalized spacial score (nSPS) is 10.4. The summed E-state index contributed by atoms with van der Waals surface area (Å²) in [5.41, 5.74) is 0. The van der Waals surface area contributed by atoms with Crippen LogP contribution in [0.3, 0.4) is 0 Å². The Bertz CT molecular complexity index is 502. The van der Waals surface area contributed by atoms with Crippen LogP contribution in [0.15, 0.2) is 22.7 Å². The summed E-state index contributed by atoms with van der Waals surface area (Å²) in [4.78, 5) is 17.5. The van der Waals surface area contributed by atoms with E-state index in [9.17, 15) is 4.79 Å². The van der Waals surface area contributed by atoms with Gasteiger partial charge < -0.3 is 9.73 Å². The maximum Gasteiger partial charge on any atom is 0.261 e. The van der Waals surface area contributed by atoms with Crippen LogP contribution in [0.5, 0.6) is 0 Å². The van der Waals surface area contributed by atoms with Gasteiger partial charge in [-0.15, -0.1) is 11.3 Å². The van der Waals surface area contributed by atoms with Crippen LogP contribution < -0.4 is 5.32 Å². The van der Waals surface area contributed by atoms with Crippen LogP contribution in [0.1, 0.15) is 26.2 Å². The molecule has 0 unspecified atom stereocenters. The lowest BCUT2D eigenvalue weighted by atomic mass is 10.4. The molecular formula is C11H12N2O2S. The van der Waals surface area contributed by atoms with Gasteiger partial charge in [0.2, 0.25) is 5.89 Å². The number of hydrogen-bond acceptors (Lipinski definition) is 4. The van der Waals surface area contributed by atoms with Gasteiger partial charge in [-0.05, 0) is 26.0 Å². The van der Waals surface area contributed by atoms with Crippen LogP contribution in [0.4, 0.5) is 0 Å². The van der Waals surface area contributed by atoms with Crippen LogP contribution in [0.2, 0.25) is 0 Å². The van der Waals surface area contributed by atoms with Crippen LogP contribution in [0, 0.1) is 13.8 Å². The molecule has 4 nitrogen and oxygen atoms in total. The van der Waals surface area contributed by atoms with Crippen molar-refractivity contribution in [3.8, 4) is 0 Å². The molecule has 0 bridgehead atoms. The van der Waals surface area contributed by atoms with Gasteiger partial charge in [-0.25, -0.2) is 4.98 Å². The molecule has 2 aromatic heterocycles. The topological polar surface area (TPSA) is 55.1 Å². The summed E-state index contributed by atoms with van der Waals surface area (Å²) in [7, 11) is 0. The van der Waals surface area contributed by atoms with E-state index >= 15 is 0 Å². The van der Waals surface area contributed by atoms with E-state index in [4.69, 9.17) is 4.42 Å². The monoisotopic (exact) mass is 236 g/mol. The zero-order valence-electron chi connectivity index (χ0n) is 9.11. The smallest absolute Gasteiger partial charge is 0.261 e. The van der Waals surface area contributed by atoms with E-state index < -0.39 is 0 Å². The highest BCUT2D eigenvalue weighted by atomic mass is 32.1. The van der Waals surface area contributed by atoms with Crippen LogP contribution in [0.25, 0.3) is 0 Å². The van der Waals surface area contributed by atoms with E-state index in [0.717, 1.165) is 10.6 Å². The van der Waals surface area contributed by atoms with Gasteiger partial charge in [0.15, 0.2) is 0 Å². The van der Waals surface area contributed by atoms with Crippen molar-refractivity contribution in [2.75, 3.05) is 0 Å². The van der Waals surface area contributed by atoms with E-state index in [1.54, 1.807) is 6.20 Å². The predicted octanol–water partition coefficient (Wildman–Crippen LogP) is 2.28. The first-order chi connectivity index (χ1) is 7.65. The number of aromatic nitrogens is 1. The van der Waals surface area contributed by atoms with Gasteiger partial charge in [-0.2, -0.15) is 0 Å². The lowest BCUT2D eigenvalue weighted by Crippen LogP contribution is -2.21. The molecule has 0 aliphatic carbocycles. The standard InChI is InChI=1S/C11H12N2O2S/c1-7-5-12-10(15-7)6-13-11(14)9-4-3-8(2)16-9/h3-5H,6H2,1-2H3,(H,13,14). The quantitative estimate of drug-likeness (QED) is 0.889. The zero-order valence-corrected chi connectivity index (χ0v) is 9.93. The molecule has 5 heteroatoms. The number of hydrogen-bond donors (Lipinski definition) is 1. The van der Waals surface area contributed by atoms with Gasteiger partial charge in [0, 0.05) is 4.88 Å². The van der Waals surface area contributed by atoms with Crippen molar-refractivity contribution >= 4 is 17.2 Å². The van der Waals surface area contributed by atoms with Crippen LogP contribution in [-0.2, 0) is 6.54 Å². The number of thiophene rings is 1. The average Bonchev–Trinajstić information content (AvgIpc) is 2.84. The fourth-order valence-corrected chi connectivity index (χ4v) is 2.07. The Morgan fingerprint density at radius 1 is 1.50 bits per heavy atom. The van der Waals surface area contributed by atoms with Crippen molar-refractivity contribution in [1.29, 1.82) is 0 Å². The second-order valence-electron chi connectivity index (χ2n) is 3.46. The molecule has 84 valence electrons. The molecule has 2 rings (SSSR count). The van der Waals surface area contributed by atoms with Gasteiger partial charge in [0.1, 0.15) is 5.76 Å². The Morgan fingerprint density at radius 2 is 2.31 bits per heavy atom. The molecule has 0 spiro atoms. The first-order valence-electron chi connectivity index (χ1n) is 4.91. The number of amides is 1. The van der Waals surface area contributed by atoms with Crippen molar-refractivity contribution in [2.24, 2.45) is 0 Å². The van der Waals surface area contributed by atoms with E-state index in [-0.39, 0.29) is 5.91 Å². The lowest BCUT2D eigenvalue weighted by Gasteiger charge is -1.99. The minimum absolute atomic E-state index is 0.0889. The first kappa shape index (κ1) is 10.9. The minimum Gasteiger partial charge on any atom is -0.444 e. The second-order valence-corrected chi connectivity index (χ2v) is 4.75. The third-order valence-corrected chi connectivity index (χ3v) is 3.03. The zero-order chi connectivity index (χ0) is 11.5. The van der Waals surface area contributed by atoms with E-state index in [2.05, 4.69) is 10.3 Å². The molecule has 2 aromatic rings. The van der Waals surface area contributed by atoms with E-state index in [1.807, 2.05) is 26.0 Å². The van der Waals surface area contributed by atoms with E-state index in [0.29, 0.717) is 17.3 Å². The molecule has 0 aromatic carbocycles. The van der Waals surface area contributed by atoms with Gasteiger partial charge in [0.05, 0.1) is 17.6 Å². The van der Waals surface area contributed by atoms with Gasteiger partial charge in [-0.3, -0.25) is 4.79 Å². The molecule has 0 aliphatic rings. The number of aryl methyl sites for hydroxylation is 2. The van der Waals surface area contributed by atoms with Crippen molar-refractivity contribution in [3.05, 3.63) is 39.7 Å². The maximum atomic E-state index is 11.7. The fraction of sp³-hybridized carbons (Fsp3) is 0.273. The molecule has 0 saturated heterocycles. The fourth-order valence-electron chi connectivity index (χ4n) is 1.28. The average molecular weight is 236 g/mol. The Morgan fingerprint density at radius 3 is 2.88 bits per heavy atom. The summed E-state index contributed by atoms with van der Waals surface area (Å²) < 4.78 is 5.25. The van der Waals surface area contributed by atoms with Gasteiger partial charge in [-0.1, -0.05) is 0 Å². The number of oxazole rings is 1. The molecule has 0 fully saturated rings. The van der Waals surface area contributed by atoms with Crippen LogP contribution in [-0.4, -0.2) is 10.9 Å². The van der Waals surface area contributed by atoms with E-state index in [1.165, 1.54) is 11.3 Å². The molecule has 0 saturated carbocycles. The largest absolute Gasteiger partial charge is 0.444 e. The predicted molar refractivity (Wildman–Crippen MR) is 61.5 cm³/mol. The van der Waals surface area contributed by atoms with Crippen molar-refractivity contribution in [1.82, 2.24) is 10.3 Å². The highest BCUT2D eigenvalue weighted by Crippen LogP contribution is 2.14. The summed E-state index contributed by atoms with van der Waals surface area (Å²) >= 11 is 1.47. The SMILES string of the molecule is Cc1cnc(CNC(=O)c2ccc(C)s2)o1. The summed E-state index contributed by atoms with van der Waals surface area (Å²) in [6, 6.07) is 3.74. The molecule has 2 heterocycles. The molecule has 16 heavy (non-hydrogen) atoms. The highest BCUT2D eigenvalue weighted by Gasteiger charge is 2.08. The third-order valence-electron chi connectivity index (χ3n) is 2.03. The van der Waals surface area contributed by atoms with Crippen LogP contribution >= 0.6 is 11.3 Å². The van der Waals surface area contributed by atoms with Crippen molar-refractivity contribution in [3.63, 3.8) is 0 Å². The summed E-state index contributed by atoms with van der Waals surface area (Å²) in [5, 5.41) is 2.76. The molecular weight excluding hydrogens is 224 g/mol. The second kappa shape index (κ2) is 4.49.